The summed E-state index contributed by atoms with van der Waals surface area (Å²) in [5.74, 6) is -1.70. The number of carbonyl (C=O) groups is 1. The van der Waals surface area contributed by atoms with Crippen LogP contribution in [-0.2, 0) is 19.6 Å². The van der Waals surface area contributed by atoms with Crippen LogP contribution < -0.4 is 0 Å². The summed E-state index contributed by atoms with van der Waals surface area (Å²) in [7, 11) is -3.25. The van der Waals surface area contributed by atoms with Gasteiger partial charge in [0, 0.05) is 6.54 Å². The van der Waals surface area contributed by atoms with Gasteiger partial charge < -0.3 is 9.84 Å². The molecule has 6 nitrogen and oxygen atoms in total. The van der Waals surface area contributed by atoms with Crippen molar-refractivity contribution in [1.29, 1.82) is 0 Å². The number of methoxy groups -OCH3 is 1. The van der Waals surface area contributed by atoms with Crippen LogP contribution >= 0.6 is 0 Å². The summed E-state index contributed by atoms with van der Waals surface area (Å²) in [5.41, 5.74) is 0. The lowest BCUT2D eigenvalue weighted by molar-refractivity contribution is -0.145. The lowest BCUT2D eigenvalue weighted by atomic mass is 10.1. The first-order chi connectivity index (χ1) is 9.63. The molecule has 1 rings (SSSR count). The average Bonchev–Trinajstić information content (AvgIpc) is 2.85. The third-order valence-electron chi connectivity index (χ3n) is 3.40. The maximum Gasteiger partial charge on any atom is 0.402 e. The van der Waals surface area contributed by atoms with Gasteiger partial charge in [-0.25, -0.2) is 8.42 Å². The van der Waals surface area contributed by atoms with Gasteiger partial charge >= 0.3 is 12.1 Å². The second-order valence-corrected chi connectivity index (χ2v) is 6.97. The Morgan fingerprint density at radius 2 is 2.00 bits per heavy atom. The predicted octanol–water partition coefficient (Wildman–Crippen LogP) is 0.514. The number of halogens is 3. The Labute approximate surface area is 120 Å². The number of alkyl halides is 3. The number of hydrogen-bond donors (Lipinski definition) is 1. The number of hydrogen-bond acceptors (Lipinski definition) is 5. The first kappa shape index (κ1) is 18.2. The van der Waals surface area contributed by atoms with E-state index in [1.165, 1.54) is 0 Å². The van der Waals surface area contributed by atoms with Crippen LogP contribution in [0.1, 0.15) is 19.3 Å². The smallest absolute Gasteiger partial charge is 0.402 e. The van der Waals surface area contributed by atoms with Crippen LogP contribution in [0.3, 0.4) is 0 Å². The van der Waals surface area contributed by atoms with Gasteiger partial charge in [-0.15, -0.1) is 0 Å². The molecule has 0 aliphatic heterocycles. The largest absolute Gasteiger partial charge is 0.469 e. The molecule has 0 aromatic rings. The maximum atomic E-state index is 12.5. The van der Waals surface area contributed by atoms with Gasteiger partial charge in [-0.1, -0.05) is 6.42 Å². The number of aliphatic hydroxyl groups excluding tert-OH is 1. The molecule has 0 spiro atoms. The first-order valence-corrected chi connectivity index (χ1v) is 7.88. The third-order valence-corrected chi connectivity index (χ3v) is 5.76. The van der Waals surface area contributed by atoms with E-state index >= 15 is 0 Å². The molecule has 1 aliphatic carbocycles. The van der Waals surface area contributed by atoms with Gasteiger partial charge in [0.05, 0.1) is 24.9 Å². The van der Waals surface area contributed by atoms with Crippen LogP contribution in [0, 0.1) is 5.92 Å². The summed E-state index contributed by atoms with van der Waals surface area (Å²) in [5, 5.41) is 7.56. The maximum absolute atomic E-state index is 12.5. The molecule has 0 saturated heterocycles. The van der Waals surface area contributed by atoms with E-state index in [1.807, 2.05) is 0 Å². The molecule has 1 saturated carbocycles. The Balaban J connectivity index is 3.02. The number of rotatable bonds is 6. The van der Waals surface area contributed by atoms with Crippen molar-refractivity contribution in [2.45, 2.75) is 30.7 Å². The average molecular weight is 333 g/mol. The molecule has 2 atom stereocenters. The monoisotopic (exact) mass is 333 g/mol. The minimum atomic E-state index is -4.72. The highest BCUT2D eigenvalue weighted by Gasteiger charge is 2.47. The van der Waals surface area contributed by atoms with Crippen LogP contribution in [0.4, 0.5) is 13.2 Å². The highest BCUT2D eigenvalue weighted by Crippen LogP contribution is 2.34. The number of esters is 1. The highest BCUT2D eigenvalue weighted by molar-refractivity contribution is 7.89. The molecule has 2 unspecified atom stereocenters. The number of nitrogens with zero attached hydrogens (tertiary/aromatic N) is 1. The van der Waals surface area contributed by atoms with Gasteiger partial charge in [0.2, 0.25) is 10.0 Å². The Morgan fingerprint density at radius 3 is 2.48 bits per heavy atom. The second kappa shape index (κ2) is 6.93. The fourth-order valence-corrected chi connectivity index (χ4v) is 4.68. The molecule has 0 aromatic heterocycles. The van der Waals surface area contributed by atoms with Gasteiger partial charge in [-0.2, -0.15) is 17.5 Å². The number of carbonyl (C=O) groups excluding carboxylic acids is 1. The van der Waals surface area contributed by atoms with Gasteiger partial charge in [0.15, 0.2) is 0 Å². The molecule has 1 N–H and O–H groups in total. The first-order valence-electron chi connectivity index (χ1n) is 6.38. The fraction of sp³-hybridized carbons (Fsp3) is 0.909. The van der Waals surface area contributed by atoms with E-state index in [1.54, 1.807) is 0 Å². The normalized spacial score (nSPS) is 23.5. The molecule has 1 aliphatic rings. The Bertz CT molecular complexity index is 465. The van der Waals surface area contributed by atoms with Crippen molar-refractivity contribution in [3.8, 4) is 0 Å². The SMILES string of the molecule is COC(=O)C1CCCC1S(=O)(=O)N(CCO)CC(F)(F)F. The fourth-order valence-electron chi connectivity index (χ4n) is 2.50. The molecular formula is C11H18F3NO5S. The number of aliphatic hydroxyl groups is 1. The Morgan fingerprint density at radius 1 is 1.38 bits per heavy atom. The lowest BCUT2D eigenvalue weighted by Crippen LogP contribution is -2.47. The number of sulfonamides is 1. The molecule has 0 bridgehead atoms. The van der Waals surface area contributed by atoms with Crippen molar-refractivity contribution in [3.63, 3.8) is 0 Å². The van der Waals surface area contributed by atoms with Crippen molar-refractivity contribution in [1.82, 2.24) is 4.31 Å². The van der Waals surface area contributed by atoms with E-state index in [0.717, 1.165) is 7.11 Å². The highest BCUT2D eigenvalue weighted by atomic mass is 32.2. The van der Waals surface area contributed by atoms with Gasteiger partial charge in [-0.3, -0.25) is 4.79 Å². The van der Waals surface area contributed by atoms with Crippen molar-refractivity contribution in [2.24, 2.45) is 5.92 Å². The standard InChI is InChI=1S/C11H18F3NO5S/c1-20-10(17)8-3-2-4-9(8)21(18,19)15(5-6-16)7-11(12,13)14/h8-9,16H,2-7H2,1H3. The van der Waals surface area contributed by atoms with Crippen LogP contribution in [-0.4, -0.2) is 62.0 Å². The lowest BCUT2D eigenvalue weighted by Gasteiger charge is -2.27. The molecule has 0 heterocycles. The second-order valence-electron chi connectivity index (χ2n) is 4.82. The van der Waals surface area contributed by atoms with E-state index in [4.69, 9.17) is 5.11 Å². The van der Waals surface area contributed by atoms with E-state index in [0.29, 0.717) is 6.42 Å². The third kappa shape index (κ3) is 4.55. The summed E-state index contributed by atoms with van der Waals surface area (Å²) < 4.78 is 66.8. The molecule has 0 aromatic carbocycles. The van der Waals surface area contributed by atoms with Crippen molar-refractivity contribution in [3.05, 3.63) is 0 Å². The summed E-state index contributed by atoms with van der Waals surface area (Å²) in [4.78, 5) is 11.6. The van der Waals surface area contributed by atoms with Crippen LogP contribution in [0.25, 0.3) is 0 Å². The van der Waals surface area contributed by atoms with E-state index in [2.05, 4.69) is 4.74 Å². The topological polar surface area (TPSA) is 83.9 Å². The summed E-state index contributed by atoms with van der Waals surface area (Å²) >= 11 is 0. The van der Waals surface area contributed by atoms with Gasteiger partial charge in [0.1, 0.15) is 6.54 Å². The van der Waals surface area contributed by atoms with Crippen LogP contribution in [0.15, 0.2) is 0 Å². The summed E-state index contributed by atoms with van der Waals surface area (Å²) in [6.45, 7) is -3.07. The Hall–Kier alpha value is -0.870. The molecular weight excluding hydrogens is 315 g/mol. The molecule has 0 amide bonds. The molecule has 1 fully saturated rings. The Kier molecular flexibility index (Phi) is 6.00. The van der Waals surface area contributed by atoms with Crippen molar-refractivity contribution < 1.29 is 36.2 Å². The van der Waals surface area contributed by atoms with Crippen LogP contribution in [0.2, 0.25) is 0 Å². The van der Waals surface area contributed by atoms with Crippen molar-refractivity contribution in [2.75, 3.05) is 26.8 Å². The summed E-state index contributed by atoms with van der Waals surface area (Å²) in [6.07, 6.45) is -3.94. The zero-order chi connectivity index (χ0) is 16.3. The quantitative estimate of drug-likeness (QED) is 0.716. The van der Waals surface area contributed by atoms with E-state index < -0.39 is 53.0 Å². The predicted molar refractivity (Wildman–Crippen MR) is 66.8 cm³/mol. The van der Waals surface area contributed by atoms with Crippen molar-refractivity contribution >= 4 is 16.0 Å². The molecule has 10 heteroatoms. The minimum Gasteiger partial charge on any atom is -0.469 e. The van der Waals surface area contributed by atoms with Crippen LogP contribution in [0.5, 0.6) is 0 Å². The van der Waals surface area contributed by atoms with E-state index in [9.17, 15) is 26.4 Å². The minimum absolute atomic E-state index is 0.0991. The summed E-state index contributed by atoms with van der Waals surface area (Å²) in [6, 6.07) is 0. The zero-order valence-electron chi connectivity index (χ0n) is 11.5. The number of ether oxygens (including phenoxy) is 1. The molecule has 21 heavy (non-hydrogen) atoms. The van der Waals surface area contributed by atoms with Gasteiger partial charge in [0.25, 0.3) is 0 Å². The van der Waals surface area contributed by atoms with Gasteiger partial charge in [-0.05, 0) is 12.8 Å². The molecule has 124 valence electrons. The molecule has 0 radical (unpaired) electrons. The van der Waals surface area contributed by atoms with E-state index in [-0.39, 0.29) is 17.1 Å². The zero-order valence-corrected chi connectivity index (χ0v) is 12.3.